The fourth-order valence-electron chi connectivity index (χ4n) is 4.33. The van der Waals surface area contributed by atoms with Gasteiger partial charge in [0.2, 0.25) is 0 Å². The first-order valence-electron chi connectivity index (χ1n) is 16.4. The van der Waals surface area contributed by atoms with Gasteiger partial charge in [-0.05, 0) is 139 Å². The molecule has 242 valence electrons. The third-order valence-electron chi connectivity index (χ3n) is 7.72. The molecule has 0 unspecified atom stereocenters. The Balaban J connectivity index is 0.000000418. The third kappa shape index (κ3) is 13.9. The second-order valence-corrected chi connectivity index (χ2v) is 11.5. The molecule has 0 heterocycles. The van der Waals surface area contributed by atoms with Crippen LogP contribution in [0.1, 0.15) is 102 Å². The summed E-state index contributed by atoms with van der Waals surface area (Å²) in [5.41, 5.74) is 10.0. The number of benzene rings is 3. The predicted molar refractivity (Wildman–Crippen MR) is 195 cm³/mol. The highest BCUT2D eigenvalue weighted by Crippen LogP contribution is 2.31. The molecule has 44 heavy (non-hydrogen) atoms. The van der Waals surface area contributed by atoms with Crippen LogP contribution in [0.4, 0.5) is 5.69 Å². The Bertz CT molecular complexity index is 1300. The summed E-state index contributed by atoms with van der Waals surface area (Å²) in [5.74, 6) is 2.13. The molecule has 0 spiro atoms. The molecule has 4 nitrogen and oxygen atoms in total. The summed E-state index contributed by atoms with van der Waals surface area (Å²) in [5, 5.41) is 12.1. The van der Waals surface area contributed by atoms with E-state index in [0.29, 0.717) is 5.75 Å². The van der Waals surface area contributed by atoms with Crippen molar-refractivity contribution in [2.24, 2.45) is 0 Å². The number of nitrogens with zero attached hydrogens (tertiary/aromatic N) is 1. The summed E-state index contributed by atoms with van der Waals surface area (Å²) in [6, 6.07) is 20.3. The number of aromatic hydroxyl groups is 1. The maximum absolute atomic E-state index is 9.19. The van der Waals surface area contributed by atoms with Gasteiger partial charge in [-0.3, -0.25) is 0 Å². The van der Waals surface area contributed by atoms with E-state index >= 15 is 0 Å². The maximum atomic E-state index is 9.19. The first kappa shape index (κ1) is 38.5. The van der Waals surface area contributed by atoms with Crippen LogP contribution in [-0.2, 0) is 0 Å². The molecule has 0 bridgehead atoms. The van der Waals surface area contributed by atoms with Crippen molar-refractivity contribution in [1.29, 1.82) is 0 Å². The molecule has 4 rings (SSSR count). The Labute approximate surface area is 269 Å². The largest absolute Gasteiger partial charge is 0.508 e. The topological polar surface area (TPSA) is 44.7 Å². The van der Waals surface area contributed by atoms with Crippen LogP contribution in [0.5, 0.6) is 17.2 Å². The summed E-state index contributed by atoms with van der Waals surface area (Å²) in [6.07, 6.45) is 9.87. The number of phenolic OH excluding ortho intramolecular Hbond substituents is 1. The van der Waals surface area contributed by atoms with Crippen LogP contribution in [0.25, 0.3) is 11.6 Å². The average Bonchev–Trinajstić information content (AvgIpc) is 3.01. The van der Waals surface area contributed by atoms with Crippen LogP contribution < -0.4 is 10.1 Å². The van der Waals surface area contributed by atoms with E-state index in [1.54, 1.807) is 11.6 Å². The number of hydrogen-bond donors (Lipinski definition) is 2. The SMILES string of the molecule is CC.CC/C(C)=C(/C)c1cc(Oc2ccc(C=C3CCC3)cc2)ccc1C.CCCCN(C)C.CNc1ccc(C)c(O)c1. The van der Waals surface area contributed by atoms with E-state index < -0.39 is 0 Å². The normalized spacial score (nSPS) is 12.2. The fourth-order valence-corrected chi connectivity index (χ4v) is 4.33. The lowest BCUT2D eigenvalue weighted by Gasteiger charge is -2.16. The van der Waals surface area contributed by atoms with Gasteiger partial charge in [0.05, 0.1) is 0 Å². The molecule has 3 aromatic carbocycles. The minimum absolute atomic E-state index is 0.340. The smallest absolute Gasteiger partial charge is 0.128 e. The van der Waals surface area contributed by atoms with E-state index in [2.05, 4.69) is 107 Å². The lowest BCUT2D eigenvalue weighted by Crippen LogP contribution is -2.12. The van der Waals surface area contributed by atoms with Gasteiger partial charge in [0.15, 0.2) is 0 Å². The van der Waals surface area contributed by atoms with Crippen molar-refractivity contribution in [2.45, 2.75) is 93.9 Å². The number of rotatable bonds is 9. The summed E-state index contributed by atoms with van der Waals surface area (Å²) in [6.45, 7) is 18.1. The lowest BCUT2D eigenvalue weighted by atomic mass is 9.91. The molecule has 0 radical (unpaired) electrons. The summed E-state index contributed by atoms with van der Waals surface area (Å²) in [7, 11) is 6.04. The van der Waals surface area contributed by atoms with E-state index in [4.69, 9.17) is 4.74 Å². The molecule has 0 amide bonds. The highest BCUT2D eigenvalue weighted by atomic mass is 16.5. The summed E-state index contributed by atoms with van der Waals surface area (Å²) < 4.78 is 6.09. The van der Waals surface area contributed by atoms with Gasteiger partial charge < -0.3 is 20.1 Å². The van der Waals surface area contributed by atoms with E-state index in [0.717, 1.165) is 29.2 Å². The van der Waals surface area contributed by atoms with E-state index in [-0.39, 0.29) is 0 Å². The number of anilines is 1. The van der Waals surface area contributed by atoms with Crippen molar-refractivity contribution in [1.82, 2.24) is 4.90 Å². The van der Waals surface area contributed by atoms with Crippen LogP contribution >= 0.6 is 0 Å². The zero-order chi connectivity index (χ0) is 33.1. The standard InChI is InChI=1S/C24H28O.C8H11NO.C6H15N.C2H6/c1-5-17(2)19(4)24-16-23(12-9-18(24)3)25-22-13-10-21(11-14-22)15-20-7-6-8-20;1-6-3-4-7(9-2)5-8(6)10;1-4-5-6-7(2)3;1-2/h9-16H,5-8H2,1-4H3;3-5,9-10H,1-2H3;4-6H2,1-3H3;1-2H3/b19-17-;;;. The highest BCUT2D eigenvalue weighted by molar-refractivity contribution is 5.70. The van der Waals surface area contributed by atoms with E-state index in [9.17, 15) is 5.11 Å². The average molecular weight is 601 g/mol. The minimum Gasteiger partial charge on any atom is -0.508 e. The Morgan fingerprint density at radius 1 is 0.886 bits per heavy atom. The van der Waals surface area contributed by atoms with Crippen LogP contribution in [-0.4, -0.2) is 37.7 Å². The van der Waals surface area contributed by atoms with Crippen LogP contribution in [0, 0.1) is 13.8 Å². The Kier molecular flexibility index (Phi) is 18.6. The van der Waals surface area contributed by atoms with Gasteiger partial charge in [-0.1, -0.05) is 75.6 Å². The molecule has 1 saturated carbocycles. The summed E-state index contributed by atoms with van der Waals surface area (Å²) in [4.78, 5) is 2.21. The molecule has 0 aromatic heterocycles. The number of nitrogens with one attached hydrogen (secondary N) is 1. The molecule has 1 aliphatic carbocycles. The van der Waals surface area contributed by atoms with Gasteiger partial charge in [0.25, 0.3) is 0 Å². The number of ether oxygens (including phenoxy) is 1. The van der Waals surface area contributed by atoms with Gasteiger partial charge >= 0.3 is 0 Å². The molecule has 3 aromatic rings. The Hall–Kier alpha value is -3.50. The monoisotopic (exact) mass is 600 g/mol. The van der Waals surface area contributed by atoms with E-state index in [1.165, 1.54) is 66.5 Å². The van der Waals surface area contributed by atoms with Crippen LogP contribution in [0.3, 0.4) is 0 Å². The first-order chi connectivity index (χ1) is 21.1. The second kappa shape index (κ2) is 21.2. The van der Waals surface area contributed by atoms with Gasteiger partial charge in [-0.15, -0.1) is 0 Å². The molecular weight excluding hydrogens is 540 g/mol. The number of phenols is 1. The van der Waals surface area contributed by atoms with Crippen LogP contribution in [0.15, 0.2) is 71.8 Å². The number of unbranched alkanes of at least 4 members (excludes halogenated alkanes) is 1. The number of allylic oxidation sites excluding steroid dienone is 3. The van der Waals surface area contributed by atoms with Gasteiger partial charge in [0.1, 0.15) is 17.2 Å². The molecule has 1 aliphatic rings. The zero-order valence-electron chi connectivity index (χ0n) is 29.6. The summed E-state index contributed by atoms with van der Waals surface area (Å²) >= 11 is 0. The van der Waals surface area contributed by atoms with Gasteiger partial charge in [0, 0.05) is 18.8 Å². The van der Waals surface area contributed by atoms with Crippen molar-refractivity contribution >= 4 is 17.3 Å². The highest BCUT2D eigenvalue weighted by Gasteiger charge is 2.09. The number of hydrogen-bond acceptors (Lipinski definition) is 4. The van der Waals surface area contributed by atoms with E-state index in [1.807, 2.05) is 40.0 Å². The van der Waals surface area contributed by atoms with Crippen molar-refractivity contribution in [2.75, 3.05) is 33.0 Å². The first-order valence-corrected chi connectivity index (χ1v) is 16.4. The molecule has 0 aliphatic heterocycles. The van der Waals surface area contributed by atoms with Crippen molar-refractivity contribution in [3.63, 3.8) is 0 Å². The van der Waals surface area contributed by atoms with Crippen molar-refractivity contribution in [3.8, 4) is 17.2 Å². The molecule has 0 atom stereocenters. The zero-order valence-corrected chi connectivity index (χ0v) is 29.6. The van der Waals surface area contributed by atoms with Gasteiger partial charge in [-0.25, -0.2) is 0 Å². The van der Waals surface area contributed by atoms with Crippen molar-refractivity contribution in [3.05, 3.63) is 94.1 Å². The maximum Gasteiger partial charge on any atom is 0.128 e. The van der Waals surface area contributed by atoms with Crippen molar-refractivity contribution < 1.29 is 9.84 Å². The Morgan fingerprint density at radius 2 is 1.50 bits per heavy atom. The number of aryl methyl sites for hydroxylation is 2. The molecule has 0 saturated heterocycles. The minimum atomic E-state index is 0.340. The molecule has 2 N–H and O–H groups in total. The van der Waals surface area contributed by atoms with Gasteiger partial charge in [-0.2, -0.15) is 0 Å². The second-order valence-electron chi connectivity index (χ2n) is 11.5. The quantitative estimate of drug-likeness (QED) is 0.256. The fraction of sp³-hybridized carbons (Fsp3) is 0.450. The molecular formula is C40H60N2O2. The third-order valence-corrected chi connectivity index (χ3v) is 7.72. The molecule has 4 heteroatoms. The lowest BCUT2D eigenvalue weighted by molar-refractivity contribution is 0.398. The molecule has 1 fully saturated rings. The van der Waals surface area contributed by atoms with Crippen LogP contribution in [0.2, 0.25) is 0 Å². The Morgan fingerprint density at radius 3 is 1.98 bits per heavy atom. The predicted octanol–water partition coefficient (Wildman–Crippen LogP) is 11.7.